The number of amides is 1. The Balaban J connectivity index is 1.55. The fourth-order valence-corrected chi connectivity index (χ4v) is 3.60. The number of carbonyl (C=O) groups is 1. The number of ether oxygens (including phenoxy) is 1. The maximum absolute atomic E-state index is 12.5. The average molecular weight is 381 g/mol. The van der Waals surface area contributed by atoms with Crippen molar-refractivity contribution in [1.29, 1.82) is 0 Å². The second-order valence-corrected chi connectivity index (χ2v) is 8.03. The third kappa shape index (κ3) is 5.06. The molecular weight excluding hydrogens is 348 g/mol. The van der Waals surface area contributed by atoms with E-state index in [2.05, 4.69) is 60.5 Å². The summed E-state index contributed by atoms with van der Waals surface area (Å²) in [6.07, 6.45) is 2.01. The molecule has 1 aliphatic heterocycles. The van der Waals surface area contributed by atoms with Gasteiger partial charge in [-0.15, -0.1) is 0 Å². The van der Waals surface area contributed by atoms with Gasteiger partial charge < -0.3 is 15.0 Å². The highest BCUT2D eigenvalue weighted by Crippen LogP contribution is 2.28. The number of carbonyl (C=O) groups excluding carboxylic acids is 1. The van der Waals surface area contributed by atoms with Gasteiger partial charge in [-0.05, 0) is 67.5 Å². The lowest BCUT2D eigenvalue weighted by molar-refractivity contribution is -0.127. The SMILES string of the molecule is Cc1ccc(C(C)C)c(O[C@@H](C)C(=O)NCc2ccc(N3CCCC3)cc2)c1. The number of hydrogen-bond acceptors (Lipinski definition) is 3. The molecule has 1 N–H and O–H groups in total. The van der Waals surface area contributed by atoms with Gasteiger partial charge in [-0.2, -0.15) is 0 Å². The molecular formula is C24H32N2O2. The first-order valence-corrected chi connectivity index (χ1v) is 10.3. The number of rotatable bonds is 7. The zero-order valence-corrected chi connectivity index (χ0v) is 17.5. The highest BCUT2D eigenvalue weighted by molar-refractivity contribution is 5.80. The Morgan fingerprint density at radius 2 is 1.75 bits per heavy atom. The molecule has 1 aliphatic rings. The van der Waals surface area contributed by atoms with Crippen LogP contribution >= 0.6 is 0 Å². The molecule has 0 saturated carbocycles. The Kier molecular flexibility index (Phi) is 6.61. The summed E-state index contributed by atoms with van der Waals surface area (Å²) in [7, 11) is 0. The van der Waals surface area contributed by atoms with Gasteiger partial charge in [0.25, 0.3) is 5.91 Å². The van der Waals surface area contributed by atoms with Crippen LogP contribution in [-0.2, 0) is 11.3 Å². The predicted octanol–water partition coefficient (Wildman–Crippen LogP) is 4.80. The van der Waals surface area contributed by atoms with E-state index in [9.17, 15) is 4.79 Å². The van der Waals surface area contributed by atoms with Crippen molar-refractivity contribution in [2.45, 2.75) is 59.1 Å². The van der Waals surface area contributed by atoms with Crippen LogP contribution in [0.2, 0.25) is 0 Å². The highest BCUT2D eigenvalue weighted by Gasteiger charge is 2.18. The van der Waals surface area contributed by atoms with Crippen molar-refractivity contribution in [3.63, 3.8) is 0 Å². The van der Waals surface area contributed by atoms with Crippen LogP contribution in [0.4, 0.5) is 5.69 Å². The molecule has 1 saturated heterocycles. The van der Waals surface area contributed by atoms with Gasteiger partial charge in [-0.25, -0.2) is 0 Å². The van der Waals surface area contributed by atoms with Gasteiger partial charge >= 0.3 is 0 Å². The van der Waals surface area contributed by atoms with E-state index >= 15 is 0 Å². The van der Waals surface area contributed by atoms with Gasteiger partial charge in [-0.1, -0.05) is 38.1 Å². The monoisotopic (exact) mass is 380 g/mol. The molecule has 1 fully saturated rings. The summed E-state index contributed by atoms with van der Waals surface area (Å²) in [6.45, 7) is 10.9. The van der Waals surface area contributed by atoms with Crippen LogP contribution in [0.15, 0.2) is 42.5 Å². The van der Waals surface area contributed by atoms with E-state index in [0.29, 0.717) is 12.5 Å². The largest absolute Gasteiger partial charge is 0.481 e. The first-order valence-electron chi connectivity index (χ1n) is 10.3. The minimum atomic E-state index is -0.539. The smallest absolute Gasteiger partial charge is 0.261 e. The van der Waals surface area contributed by atoms with Crippen molar-refractivity contribution in [3.05, 3.63) is 59.2 Å². The lowest BCUT2D eigenvalue weighted by atomic mass is 10.0. The first kappa shape index (κ1) is 20.2. The third-order valence-electron chi connectivity index (χ3n) is 5.34. The molecule has 3 rings (SSSR count). The fraction of sp³-hybridized carbons (Fsp3) is 0.458. The molecule has 1 atom stereocenters. The fourth-order valence-electron chi connectivity index (χ4n) is 3.60. The maximum atomic E-state index is 12.5. The molecule has 0 aliphatic carbocycles. The van der Waals surface area contributed by atoms with Crippen LogP contribution in [0.25, 0.3) is 0 Å². The molecule has 0 aromatic heterocycles. The highest BCUT2D eigenvalue weighted by atomic mass is 16.5. The molecule has 0 radical (unpaired) electrons. The summed E-state index contributed by atoms with van der Waals surface area (Å²) in [5, 5.41) is 2.99. The molecule has 4 nitrogen and oxygen atoms in total. The van der Waals surface area contributed by atoms with Crippen molar-refractivity contribution in [3.8, 4) is 5.75 Å². The molecule has 1 amide bonds. The molecule has 2 aromatic carbocycles. The summed E-state index contributed by atoms with van der Waals surface area (Å²) >= 11 is 0. The standard InChI is InChI=1S/C24H32N2O2/c1-17(2)22-12-7-18(3)15-23(22)28-19(4)24(27)25-16-20-8-10-21(11-9-20)26-13-5-6-14-26/h7-12,15,17,19H,5-6,13-14,16H2,1-4H3,(H,25,27)/t19-/m0/s1. The van der Waals surface area contributed by atoms with Gasteiger partial charge in [0.15, 0.2) is 6.10 Å². The van der Waals surface area contributed by atoms with Gasteiger partial charge in [0, 0.05) is 25.3 Å². The quantitative estimate of drug-likeness (QED) is 0.750. The summed E-state index contributed by atoms with van der Waals surface area (Å²) in [4.78, 5) is 14.9. The van der Waals surface area contributed by atoms with Crippen LogP contribution < -0.4 is 15.0 Å². The van der Waals surface area contributed by atoms with E-state index in [1.54, 1.807) is 6.92 Å². The minimum absolute atomic E-state index is 0.0974. The summed E-state index contributed by atoms with van der Waals surface area (Å²) in [6, 6.07) is 14.7. The number of nitrogens with one attached hydrogen (secondary N) is 1. The Labute approximate surface area is 168 Å². The Hall–Kier alpha value is -2.49. The van der Waals surface area contributed by atoms with E-state index in [-0.39, 0.29) is 5.91 Å². The van der Waals surface area contributed by atoms with E-state index in [1.807, 2.05) is 13.0 Å². The minimum Gasteiger partial charge on any atom is -0.481 e. The van der Waals surface area contributed by atoms with E-state index in [1.165, 1.54) is 18.5 Å². The number of hydrogen-bond donors (Lipinski definition) is 1. The van der Waals surface area contributed by atoms with E-state index < -0.39 is 6.10 Å². The second-order valence-electron chi connectivity index (χ2n) is 8.03. The van der Waals surface area contributed by atoms with Gasteiger partial charge in [0.1, 0.15) is 5.75 Å². The topological polar surface area (TPSA) is 41.6 Å². The van der Waals surface area contributed by atoms with Crippen molar-refractivity contribution in [2.24, 2.45) is 0 Å². The van der Waals surface area contributed by atoms with Crippen molar-refractivity contribution in [1.82, 2.24) is 5.32 Å². The molecule has 2 aromatic rings. The van der Waals surface area contributed by atoms with E-state index in [4.69, 9.17) is 4.74 Å². The van der Waals surface area contributed by atoms with Crippen LogP contribution in [0.5, 0.6) is 5.75 Å². The molecule has 0 bridgehead atoms. The predicted molar refractivity (Wildman–Crippen MR) is 115 cm³/mol. The van der Waals surface area contributed by atoms with Gasteiger partial charge in [-0.3, -0.25) is 4.79 Å². The summed E-state index contributed by atoms with van der Waals surface area (Å²) in [5.74, 6) is 1.05. The summed E-state index contributed by atoms with van der Waals surface area (Å²) in [5.41, 5.74) is 4.62. The molecule has 4 heteroatoms. The van der Waals surface area contributed by atoms with Crippen LogP contribution in [0.3, 0.4) is 0 Å². The van der Waals surface area contributed by atoms with Gasteiger partial charge in [0.05, 0.1) is 0 Å². The number of aryl methyl sites for hydroxylation is 1. The Morgan fingerprint density at radius 3 is 2.39 bits per heavy atom. The lowest BCUT2D eigenvalue weighted by Crippen LogP contribution is -2.36. The molecule has 28 heavy (non-hydrogen) atoms. The average Bonchev–Trinajstić information content (AvgIpc) is 3.21. The normalized spacial score (nSPS) is 15.0. The molecule has 150 valence electrons. The molecule has 1 heterocycles. The van der Waals surface area contributed by atoms with Crippen LogP contribution in [0, 0.1) is 6.92 Å². The number of anilines is 1. The van der Waals surface area contributed by atoms with Crippen molar-refractivity contribution >= 4 is 11.6 Å². The van der Waals surface area contributed by atoms with Gasteiger partial charge in [0.2, 0.25) is 0 Å². The van der Waals surface area contributed by atoms with Crippen LogP contribution in [-0.4, -0.2) is 25.1 Å². The Morgan fingerprint density at radius 1 is 1.07 bits per heavy atom. The lowest BCUT2D eigenvalue weighted by Gasteiger charge is -2.20. The second kappa shape index (κ2) is 9.13. The summed E-state index contributed by atoms with van der Waals surface area (Å²) < 4.78 is 6.01. The van der Waals surface area contributed by atoms with Crippen molar-refractivity contribution in [2.75, 3.05) is 18.0 Å². The molecule has 0 unspecified atom stereocenters. The van der Waals surface area contributed by atoms with Crippen LogP contribution in [0.1, 0.15) is 56.2 Å². The zero-order chi connectivity index (χ0) is 20.1. The number of benzene rings is 2. The van der Waals surface area contributed by atoms with E-state index in [0.717, 1.165) is 35.5 Å². The number of nitrogens with zero attached hydrogens (tertiary/aromatic N) is 1. The maximum Gasteiger partial charge on any atom is 0.261 e. The zero-order valence-electron chi connectivity index (χ0n) is 17.5. The first-order chi connectivity index (χ1) is 13.4. The third-order valence-corrected chi connectivity index (χ3v) is 5.34. The Bertz CT molecular complexity index is 793. The van der Waals surface area contributed by atoms with Crippen molar-refractivity contribution < 1.29 is 9.53 Å². The molecule has 0 spiro atoms.